The molecule has 1 aliphatic rings. The van der Waals surface area contributed by atoms with Gasteiger partial charge in [-0.1, -0.05) is 13.8 Å². The SMILES string of the molecule is CNCc1ccc(COC2CC(C)CC(C)C2)o1. The standard InChI is InChI=1S/C15H25NO2/c1-11-6-12(2)8-15(7-11)17-10-14-5-4-13(18-14)9-16-3/h4-5,11-12,15-16H,6-10H2,1-3H3. The maximum atomic E-state index is 5.99. The summed E-state index contributed by atoms with van der Waals surface area (Å²) in [7, 11) is 1.92. The molecule has 0 aromatic carbocycles. The summed E-state index contributed by atoms with van der Waals surface area (Å²) in [6.07, 6.45) is 4.12. The Bertz CT molecular complexity index is 351. The third kappa shape index (κ3) is 3.85. The number of hydrogen-bond acceptors (Lipinski definition) is 3. The molecule has 2 rings (SSSR count). The van der Waals surface area contributed by atoms with Crippen LogP contribution in [0.2, 0.25) is 0 Å². The average molecular weight is 251 g/mol. The summed E-state index contributed by atoms with van der Waals surface area (Å²) >= 11 is 0. The van der Waals surface area contributed by atoms with E-state index in [1.807, 2.05) is 19.2 Å². The molecule has 18 heavy (non-hydrogen) atoms. The van der Waals surface area contributed by atoms with E-state index in [9.17, 15) is 0 Å². The van der Waals surface area contributed by atoms with Gasteiger partial charge >= 0.3 is 0 Å². The van der Waals surface area contributed by atoms with Gasteiger partial charge in [-0.25, -0.2) is 0 Å². The van der Waals surface area contributed by atoms with Gasteiger partial charge in [-0.15, -0.1) is 0 Å². The Labute approximate surface area is 110 Å². The van der Waals surface area contributed by atoms with Gasteiger partial charge in [0.15, 0.2) is 0 Å². The van der Waals surface area contributed by atoms with Crippen LogP contribution >= 0.6 is 0 Å². The minimum absolute atomic E-state index is 0.404. The lowest BCUT2D eigenvalue weighted by atomic mass is 9.82. The lowest BCUT2D eigenvalue weighted by Crippen LogP contribution is -2.26. The van der Waals surface area contributed by atoms with E-state index in [-0.39, 0.29) is 0 Å². The summed E-state index contributed by atoms with van der Waals surface area (Å²) < 4.78 is 11.7. The Kier molecular flexibility index (Phi) is 4.84. The molecule has 3 nitrogen and oxygen atoms in total. The van der Waals surface area contributed by atoms with Crippen LogP contribution in [0.15, 0.2) is 16.5 Å². The first kappa shape index (κ1) is 13.6. The molecule has 2 atom stereocenters. The van der Waals surface area contributed by atoms with Crippen molar-refractivity contribution in [1.29, 1.82) is 0 Å². The zero-order valence-corrected chi connectivity index (χ0v) is 11.7. The molecule has 1 aromatic heterocycles. The van der Waals surface area contributed by atoms with Crippen molar-refractivity contribution in [1.82, 2.24) is 5.32 Å². The van der Waals surface area contributed by atoms with Crippen LogP contribution in [0.3, 0.4) is 0 Å². The average Bonchev–Trinajstić information content (AvgIpc) is 2.74. The molecular weight excluding hydrogens is 226 g/mol. The van der Waals surface area contributed by atoms with Crippen LogP contribution in [-0.4, -0.2) is 13.2 Å². The van der Waals surface area contributed by atoms with Crippen molar-refractivity contribution in [2.45, 2.75) is 52.4 Å². The second kappa shape index (κ2) is 6.39. The van der Waals surface area contributed by atoms with E-state index in [1.54, 1.807) is 0 Å². The Hall–Kier alpha value is -0.800. The van der Waals surface area contributed by atoms with Gasteiger partial charge in [-0.2, -0.15) is 0 Å². The Morgan fingerprint density at radius 2 is 1.83 bits per heavy atom. The van der Waals surface area contributed by atoms with Crippen molar-refractivity contribution in [3.8, 4) is 0 Å². The first-order valence-electron chi connectivity index (χ1n) is 7.01. The quantitative estimate of drug-likeness (QED) is 0.871. The largest absolute Gasteiger partial charge is 0.462 e. The molecule has 3 heteroatoms. The van der Waals surface area contributed by atoms with E-state index in [4.69, 9.17) is 9.15 Å². The third-order valence-corrected chi connectivity index (χ3v) is 3.66. The molecular formula is C15H25NO2. The smallest absolute Gasteiger partial charge is 0.129 e. The summed E-state index contributed by atoms with van der Waals surface area (Å²) in [6.45, 7) is 6.03. The predicted molar refractivity (Wildman–Crippen MR) is 72.2 cm³/mol. The lowest BCUT2D eigenvalue weighted by molar-refractivity contribution is -0.0159. The van der Waals surface area contributed by atoms with Gasteiger partial charge < -0.3 is 14.5 Å². The molecule has 102 valence electrons. The number of ether oxygens (including phenoxy) is 1. The van der Waals surface area contributed by atoms with Crippen LogP contribution in [0.5, 0.6) is 0 Å². The monoisotopic (exact) mass is 251 g/mol. The highest BCUT2D eigenvalue weighted by atomic mass is 16.5. The Morgan fingerprint density at radius 1 is 1.17 bits per heavy atom. The van der Waals surface area contributed by atoms with Crippen LogP contribution in [0.25, 0.3) is 0 Å². The van der Waals surface area contributed by atoms with Gasteiger partial charge in [0.25, 0.3) is 0 Å². The molecule has 1 aliphatic carbocycles. The van der Waals surface area contributed by atoms with Crippen molar-refractivity contribution in [3.05, 3.63) is 23.7 Å². The van der Waals surface area contributed by atoms with Crippen LogP contribution in [-0.2, 0) is 17.9 Å². The number of nitrogens with one attached hydrogen (secondary N) is 1. The first-order chi connectivity index (χ1) is 8.67. The van der Waals surface area contributed by atoms with Gasteiger partial charge in [0.1, 0.15) is 18.1 Å². The number of hydrogen-bond donors (Lipinski definition) is 1. The summed E-state index contributed by atoms with van der Waals surface area (Å²) in [6, 6.07) is 4.03. The van der Waals surface area contributed by atoms with E-state index < -0.39 is 0 Å². The van der Waals surface area contributed by atoms with Gasteiger partial charge in [-0.3, -0.25) is 0 Å². The van der Waals surface area contributed by atoms with E-state index in [0.717, 1.165) is 29.9 Å². The first-order valence-corrected chi connectivity index (χ1v) is 7.01. The Balaban J connectivity index is 1.79. The van der Waals surface area contributed by atoms with Crippen LogP contribution < -0.4 is 5.32 Å². The van der Waals surface area contributed by atoms with E-state index in [2.05, 4.69) is 19.2 Å². The molecule has 1 aromatic rings. The van der Waals surface area contributed by atoms with Crippen LogP contribution in [0.1, 0.15) is 44.6 Å². The molecule has 0 bridgehead atoms. The van der Waals surface area contributed by atoms with Crippen molar-refractivity contribution in [2.24, 2.45) is 11.8 Å². The van der Waals surface area contributed by atoms with Crippen molar-refractivity contribution in [2.75, 3.05) is 7.05 Å². The summed E-state index contributed by atoms with van der Waals surface area (Å²) in [5.41, 5.74) is 0. The van der Waals surface area contributed by atoms with Gasteiger partial charge in [0.05, 0.1) is 12.6 Å². The topological polar surface area (TPSA) is 34.4 Å². The second-order valence-electron chi connectivity index (χ2n) is 5.75. The minimum atomic E-state index is 0.404. The molecule has 0 aliphatic heterocycles. The van der Waals surface area contributed by atoms with E-state index >= 15 is 0 Å². The lowest BCUT2D eigenvalue weighted by Gasteiger charge is -2.31. The number of furan rings is 1. The van der Waals surface area contributed by atoms with Gasteiger partial charge in [-0.05, 0) is 50.3 Å². The van der Waals surface area contributed by atoms with Gasteiger partial charge in [0, 0.05) is 0 Å². The zero-order valence-electron chi connectivity index (χ0n) is 11.7. The minimum Gasteiger partial charge on any atom is -0.462 e. The molecule has 2 unspecified atom stereocenters. The highest BCUT2D eigenvalue weighted by Gasteiger charge is 2.24. The molecule has 1 fully saturated rings. The maximum absolute atomic E-state index is 5.99. The fraction of sp³-hybridized carbons (Fsp3) is 0.733. The van der Waals surface area contributed by atoms with E-state index in [0.29, 0.717) is 12.7 Å². The molecule has 1 N–H and O–H groups in total. The van der Waals surface area contributed by atoms with Crippen molar-refractivity contribution in [3.63, 3.8) is 0 Å². The zero-order chi connectivity index (χ0) is 13.0. The van der Waals surface area contributed by atoms with E-state index in [1.165, 1.54) is 19.3 Å². The third-order valence-electron chi connectivity index (χ3n) is 3.66. The number of rotatable bonds is 5. The predicted octanol–water partition coefficient (Wildman–Crippen LogP) is 3.34. The van der Waals surface area contributed by atoms with Crippen LogP contribution in [0, 0.1) is 11.8 Å². The molecule has 1 heterocycles. The molecule has 0 saturated heterocycles. The molecule has 0 spiro atoms. The normalized spacial score (nSPS) is 28.5. The Morgan fingerprint density at radius 3 is 2.50 bits per heavy atom. The van der Waals surface area contributed by atoms with Gasteiger partial charge in [0.2, 0.25) is 0 Å². The molecule has 0 radical (unpaired) electrons. The fourth-order valence-electron chi connectivity index (χ4n) is 2.98. The molecule has 0 amide bonds. The summed E-state index contributed by atoms with van der Waals surface area (Å²) in [4.78, 5) is 0. The van der Waals surface area contributed by atoms with Crippen molar-refractivity contribution >= 4 is 0 Å². The fourth-order valence-corrected chi connectivity index (χ4v) is 2.98. The van der Waals surface area contributed by atoms with Crippen LogP contribution in [0.4, 0.5) is 0 Å². The summed E-state index contributed by atoms with van der Waals surface area (Å²) in [5, 5.41) is 3.08. The highest BCUT2D eigenvalue weighted by Crippen LogP contribution is 2.30. The second-order valence-corrected chi connectivity index (χ2v) is 5.75. The summed E-state index contributed by atoms with van der Waals surface area (Å²) in [5.74, 6) is 3.48. The highest BCUT2D eigenvalue weighted by molar-refractivity contribution is 5.06. The van der Waals surface area contributed by atoms with Crippen molar-refractivity contribution < 1.29 is 9.15 Å². The molecule has 1 saturated carbocycles. The maximum Gasteiger partial charge on any atom is 0.129 e.